The van der Waals surface area contributed by atoms with Crippen LogP contribution in [0.4, 0.5) is 0 Å². The molecule has 1 rings (SSSR count). The van der Waals surface area contributed by atoms with Crippen LogP contribution in [0.25, 0.3) is 0 Å². The zero-order valence-electron chi connectivity index (χ0n) is 13.2. The molecule has 0 fully saturated rings. The van der Waals surface area contributed by atoms with Crippen molar-refractivity contribution in [2.75, 3.05) is 13.4 Å². The Morgan fingerprint density at radius 3 is 2.00 bits per heavy atom. The van der Waals surface area contributed by atoms with Gasteiger partial charge < -0.3 is 9.47 Å². The van der Waals surface area contributed by atoms with E-state index in [0.29, 0.717) is 18.8 Å². The Morgan fingerprint density at radius 1 is 0.947 bits per heavy atom. The van der Waals surface area contributed by atoms with E-state index >= 15 is 0 Å². The zero-order valence-corrected chi connectivity index (χ0v) is 13.2. The molecule has 0 saturated heterocycles. The van der Waals surface area contributed by atoms with Gasteiger partial charge in [0.15, 0.2) is 6.79 Å². The van der Waals surface area contributed by atoms with E-state index in [-0.39, 0.29) is 5.41 Å². The van der Waals surface area contributed by atoms with Gasteiger partial charge >= 0.3 is 0 Å². The standard InChI is InChI=1S/C17H28O2/c1-7-18-13-19-15-10-8-14(9-11-15)17(5,6)12-16(2,3)4/h8-11H,7,12-13H2,1-6H3. The summed E-state index contributed by atoms with van der Waals surface area (Å²) >= 11 is 0. The van der Waals surface area contributed by atoms with Gasteiger partial charge in [-0.15, -0.1) is 0 Å². The second kappa shape index (κ2) is 6.42. The maximum absolute atomic E-state index is 5.49. The second-order valence-electron chi connectivity index (χ2n) is 6.90. The first-order valence-electron chi connectivity index (χ1n) is 7.06. The predicted octanol–water partition coefficient (Wildman–Crippen LogP) is 4.77. The van der Waals surface area contributed by atoms with Crippen molar-refractivity contribution in [1.29, 1.82) is 0 Å². The molecule has 0 aromatic heterocycles. The highest BCUT2D eigenvalue weighted by atomic mass is 16.7. The molecular formula is C17H28O2. The fraction of sp³-hybridized carbons (Fsp3) is 0.647. The summed E-state index contributed by atoms with van der Waals surface area (Å²) < 4.78 is 10.7. The van der Waals surface area contributed by atoms with Crippen molar-refractivity contribution in [3.05, 3.63) is 29.8 Å². The number of hydrogen-bond acceptors (Lipinski definition) is 2. The van der Waals surface area contributed by atoms with Crippen LogP contribution in [0.5, 0.6) is 5.75 Å². The molecule has 0 atom stereocenters. The molecule has 1 aromatic carbocycles. The predicted molar refractivity (Wildman–Crippen MR) is 80.7 cm³/mol. The van der Waals surface area contributed by atoms with Gasteiger partial charge in [-0.3, -0.25) is 0 Å². The third-order valence-corrected chi connectivity index (χ3v) is 3.12. The van der Waals surface area contributed by atoms with Gasteiger partial charge in [0.25, 0.3) is 0 Å². The Kier molecular flexibility index (Phi) is 5.42. The highest BCUT2D eigenvalue weighted by molar-refractivity contribution is 5.31. The molecular weight excluding hydrogens is 236 g/mol. The Bertz CT molecular complexity index is 371. The molecule has 0 amide bonds. The van der Waals surface area contributed by atoms with Crippen LogP contribution in [-0.2, 0) is 10.2 Å². The first-order chi connectivity index (χ1) is 8.74. The first kappa shape index (κ1) is 16.0. The van der Waals surface area contributed by atoms with E-state index in [1.807, 2.05) is 19.1 Å². The summed E-state index contributed by atoms with van der Waals surface area (Å²) in [5.41, 5.74) is 1.86. The molecule has 108 valence electrons. The van der Waals surface area contributed by atoms with Crippen LogP contribution in [-0.4, -0.2) is 13.4 Å². The van der Waals surface area contributed by atoms with Crippen LogP contribution in [0, 0.1) is 5.41 Å². The van der Waals surface area contributed by atoms with Gasteiger partial charge in [0, 0.05) is 6.61 Å². The number of ether oxygens (including phenoxy) is 2. The lowest BCUT2D eigenvalue weighted by Gasteiger charge is -2.33. The number of benzene rings is 1. The van der Waals surface area contributed by atoms with Crippen LogP contribution in [0.2, 0.25) is 0 Å². The largest absolute Gasteiger partial charge is 0.468 e. The molecule has 19 heavy (non-hydrogen) atoms. The van der Waals surface area contributed by atoms with Gasteiger partial charge in [-0.25, -0.2) is 0 Å². The normalized spacial score (nSPS) is 12.5. The summed E-state index contributed by atoms with van der Waals surface area (Å²) in [6, 6.07) is 8.37. The van der Waals surface area contributed by atoms with Crippen molar-refractivity contribution >= 4 is 0 Å². The number of hydrogen-bond donors (Lipinski definition) is 0. The van der Waals surface area contributed by atoms with E-state index in [1.165, 1.54) is 5.56 Å². The van der Waals surface area contributed by atoms with Crippen LogP contribution in [0.3, 0.4) is 0 Å². The summed E-state index contributed by atoms with van der Waals surface area (Å²) in [5, 5.41) is 0. The van der Waals surface area contributed by atoms with Crippen molar-refractivity contribution in [3.8, 4) is 5.75 Å². The minimum absolute atomic E-state index is 0.177. The SMILES string of the molecule is CCOCOc1ccc(C(C)(C)CC(C)(C)C)cc1. The topological polar surface area (TPSA) is 18.5 Å². The van der Waals surface area contributed by atoms with E-state index in [2.05, 4.69) is 46.8 Å². The zero-order chi connectivity index (χ0) is 14.5. The number of rotatable bonds is 6. The van der Waals surface area contributed by atoms with E-state index < -0.39 is 0 Å². The summed E-state index contributed by atoms with van der Waals surface area (Å²) in [6.07, 6.45) is 1.15. The van der Waals surface area contributed by atoms with Crippen molar-refractivity contribution in [3.63, 3.8) is 0 Å². The van der Waals surface area contributed by atoms with Gasteiger partial charge in [-0.1, -0.05) is 46.8 Å². The fourth-order valence-electron chi connectivity index (χ4n) is 2.62. The quantitative estimate of drug-likeness (QED) is 0.544. The van der Waals surface area contributed by atoms with Crippen LogP contribution in [0.1, 0.15) is 53.5 Å². The van der Waals surface area contributed by atoms with E-state index in [4.69, 9.17) is 9.47 Å². The first-order valence-corrected chi connectivity index (χ1v) is 7.06. The average molecular weight is 264 g/mol. The Balaban J connectivity index is 2.69. The Labute approximate surface area is 118 Å². The van der Waals surface area contributed by atoms with Gasteiger partial charge in [-0.2, -0.15) is 0 Å². The van der Waals surface area contributed by atoms with Gasteiger partial charge in [0.2, 0.25) is 0 Å². The minimum Gasteiger partial charge on any atom is -0.468 e. The molecule has 0 bridgehead atoms. The average Bonchev–Trinajstić information content (AvgIpc) is 2.27. The van der Waals surface area contributed by atoms with Crippen molar-refractivity contribution in [2.45, 2.75) is 53.4 Å². The molecule has 2 nitrogen and oxygen atoms in total. The molecule has 0 spiro atoms. The summed E-state index contributed by atoms with van der Waals surface area (Å²) in [7, 11) is 0. The summed E-state index contributed by atoms with van der Waals surface area (Å²) in [4.78, 5) is 0. The smallest absolute Gasteiger partial charge is 0.189 e. The highest BCUT2D eigenvalue weighted by Gasteiger charge is 2.27. The maximum Gasteiger partial charge on any atom is 0.189 e. The van der Waals surface area contributed by atoms with Crippen molar-refractivity contribution in [1.82, 2.24) is 0 Å². The lowest BCUT2D eigenvalue weighted by atomic mass is 9.72. The third kappa shape index (κ3) is 5.65. The molecule has 0 aliphatic carbocycles. The molecule has 0 N–H and O–H groups in total. The van der Waals surface area contributed by atoms with Crippen molar-refractivity contribution < 1.29 is 9.47 Å². The van der Waals surface area contributed by atoms with Crippen LogP contribution < -0.4 is 4.74 Å². The molecule has 2 heteroatoms. The molecule has 0 radical (unpaired) electrons. The van der Waals surface area contributed by atoms with Gasteiger partial charge in [0.1, 0.15) is 5.75 Å². The lowest BCUT2D eigenvalue weighted by molar-refractivity contribution is 0.0224. The highest BCUT2D eigenvalue weighted by Crippen LogP contribution is 2.36. The minimum atomic E-state index is 0.177. The van der Waals surface area contributed by atoms with Gasteiger partial charge in [-0.05, 0) is 41.9 Å². The Hall–Kier alpha value is -1.02. The lowest BCUT2D eigenvalue weighted by Crippen LogP contribution is -2.24. The van der Waals surface area contributed by atoms with E-state index in [0.717, 1.165) is 12.2 Å². The molecule has 0 unspecified atom stereocenters. The summed E-state index contributed by atoms with van der Waals surface area (Å²) in [5.74, 6) is 0.865. The van der Waals surface area contributed by atoms with E-state index in [1.54, 1.807) is 0 Å². The van der Waals surface area contributed by atoms with Crippen LogP contribution in [0.15, 0.2) is 24.3 Å². The van der Waals surface area contributed by atoms with E-state index in [9.17, 15) is 0 Å². The fourth-order valence-corrected chi connectivity index (χ4v) is 2.62. The molecule has 0 aliphatic rings. The maximum atomic E-state index is 5.49. The van der Waals surface area contributed by atoms with Crippen molar-refractivity contribution in [2.24, 2.45) is 5.41 Å². The van der Waals surface area contributed by atoms with Crippen LogP contribution >= 0.6 is 0 Å². The Morgan fingerprint density at radius 2 is 1.53 bits per heavy atom. The molecule has 0 aliphatic heterocycles. The third-order valence-electron chi connectivity index (χ3n) is 3.12. The second-order valence-corrected chi connectivity index (χ2v) is 6.90. The molecule has 0 heterocycles. The molecule has 0 saturated carbocycles. The molecule has 1 aromatic rings. The van der Waals surface area contributed by atoms with Gasteiger partial charge in [0.05, 0.1) is 0 Å². The monoisotopic (exact) mass is 264 g/mol. The summed E-state index contributed by atoms with van der Waals surface area (Å²) in [6.45, 7) is 14.4.